The Kier molecular flexibility index (Phi) is 4.30. The van der Waals surface area contributed by atoms with Gasteiger partial charge >= 0.3 is 0 Å². The highest BCUT2D eigenvalue weighted by Gasteiger charge is 2.17. The number of nitrogens with one attached hydrogen (secondary N) is 1. The summed E-state index contributed by atoms with van der Waals surface area (Å²) in [6.45, 7) is 0.977. The molecular weight excluding hydrogens is 295 g/mol. The van der Waals surface area contributed by atoms with Crippen molar-refractivity contribution in [2.45, 2.75) is 18.9 Å². The Hall–Kier alpha value is -2.40. The minimum Gasteiger partial charge on any atom is -0.388 e. The fraction of sp³-hybridized carbons (Fsp3) is 0.278. The summed E-state index contributed by atoms with van der Waals surface area (Å²) in [5.74, 6) is -0.731. The monoisotopic (exact) mass is 314 g/mol. The molecule has 4 nitrogen and oxygen atoms in total. The SMILES string of the molecule is CN1CCc2ccc(NC(=O)CC(O)c3cccc(F)c3)cc21. The van der Waals surface area contributed by atoms with Crippen LogP contribution in [0.5, 0.6) is 0 Å². The molecule has 0 saturated carbocycles. The molecular formula is C18H19FN2O2. The van der Waals surface area contributed by atoms with Crippen molar-refractivity contribution in [3.05, 3.63) is 59.4 Å². The van der Waals surface area contributed by atoms with Gasteiger partial charge in [-0.05, 0) is 41.8 Å². The molecule has 0 radical (unpaired) electrons. The number of carbonyl (C=O) groups is 1. The summed E-state index contributed by atoms with van der Waals surface area (Å²) in [5, 5.41) is 12.8. The molecule has 1 aliphatic heterocycles. The van der Waals surface area contributed by atoms with E-state index in [1.54, 1.807) is 6.07 Å². The molecule has 3 rings (SSSR count). The summed E-state index contributed by atoms with van der Waals surface area (Å²) >= 11 is 0. The molecule has 0 aliphatic carbocycles. The van der Waals surface area contributed by atoms with Crippen LogP contribution in [-0.4, -0.2) is 24.6 Å². The van der Waals surface area contributed by atoms with E-state index in [-0.39, 0.29) is 12.3 Å². The minimum absolute atomic E-state index is 0.115. The Morgan fingerprint density at radius 3 is 2.96 bits per heavy atom. The van der Waals surface area contributed by atoms with Gasteiger partial charge in [0.1, 0.15) is 5.82 Å². The number of benzene rings is 2. The van der Waals surface area contributed by atoms with Crippen LogP contribution in [0.2, 0.25) is 0 Å². The fourth-order valence-electron chi connectivity index (χ4n) is 2.84. The Morgan fingerprint density at radius 2 is 2.17 bits per heavy atom. The van der Waals surface area contributed by atoms with Crippen LogP contribution < -0.4 is 10.2 Å². The topological polar surface area (TPSA) is 52.6 Å². The number of likely N-dealkylation sites (N-methyl/N-ethyl adjacent to an activating group) is 1. The molecule has 1 aliphatic rings. The van der Waals surface area contributed by atoms with Gasteiger partial charge in [-0.1, -0.05) is 18.2 Å². The van der Waals surface area contributed by atoms with Crippen LogP contribution in [0.4, 0.5) is 15.8 Å². The summed E-state index contributed by atoms with van der Waals surface area (Å²) in [4.78, 5) is 14.2. The fourth-order valence-corrected chi connectivity index (χ4v) is 2.84. The summed E-state index contributed by atoms with van der Waals surface area (Å²) in [6.07, 6.45) is -0.128. The first-order valence-electron chi connectivity index (χ1n) is 7.60. The number of halogens is 1. The van der Waals surface area contributed by atoms with Gasteiger partial charge in [0.05, 0.1) is 12.5 Å². The number of fused-ring (bicyclic) bond motifs is 1. The lowest BCUT2D eigenvalue weighted by Crippen LogP contribution is -2.16. The van der Waals surface area contributed by atoms with Crippen molar-refractivity contribution in [3.8, 4) is 0 Å². The Bertz CT molecular complexity index is 733. The average molecular weight is 314 g/mol. The first-order valence-corrected chi connectivity index (χ1v) is 7.60. The van der Waals surface area contributed by atoms with Gasteiger partial charge in [-0.3, -0.25) is 4.79 Å². The smallest absolute Gasteiger partial charge is 0.227 e. The van der Waals surface area contributed by atoms with E-state index >= 15 is 0 Å². The van der Waals surface area contributed by atoms with Crippen molar-refractivity contribution in [2.24, 2.45) is 0 Å². The summed E-state index contributed by atoms with van der Waals surface area (Å²) in [6, 6.07) is 11.5. The first-order chi connectivity index (χ1) is 11.0. The maximum atomic E-state index is 13.2. The van der Waals surface area contributed by atoms with Crippen LogP contribution >= 0.6 is 0 Å². The predicted molar refractivity (Wildman–Crippen MR) is 88.0 cm³/mol. The predicted octanol–water partition coefficient (Wildman–Crippen LogP) is 2.88. The number of aliphatic hydroxyl groups excluding tert-OH is 1. The van der Waals surface area contributed by atoms with E-state index in [0.717, 1.165) is 18.7 Å². The van der Waals surface area contributed by atoms with Gasteiger partial charge in [-0.2, -0.15) is 0 Å². The Balaban J connectivity index is 1.64. The second-order valence-electron chi connectivity index (χ2n) is 5.84. The number of aliphatic hydroxyl groups is 1. The van der Waals surface area contributed by atoms with Crippen molar-refractivity contribution in [1.29, 1.82) is 0 Å². The standard InChI is InChI=1S/C18H19FN2O2/c1-21-8-7-12-5-6-15(10-16(12)21)20-18(23)11-17(22)13-3-2-4-14(19)9-13/h2-6,9-10,17,22H,7-8,11H2,1H3,(H,20,23). The van der Waals surface area contributed by atoms with Crippen molar-refractivity contribution in [3.63, 3.8) is 0 Å². The third kappa shape index (κ3) is 3.51. The van der Waals surface area contributed by atoms with E-state index < -0.39 is 11.9 Å². The third-order valence-corrected chi connectivity index (χ3v) is 4.11. The van der Waals surface area contributed by atoms with Gasteiger partial charge in [0.25, 0.3) is 0 Å². The Morgan fingerprint density at radius 1 is 1.35 bits per heavy atom. The second-order valence-corrected chi connectivity index (χ2v) is 5.84. The van der Waals surface area contributed by atoms with E-state index in [1.807, 2.05) is 25.2 Å². The van der Waals surface area contributed by atoms with Crippen LogP contribution in [0.3, 0.4) is 0 Å². The first kappa shape index (κ1) is 15.5. The molecule has 5 heteroatoms. The molecule has 120 valence electrons. The molecule has 0 saturated heterocycles. The molecule has 23 heavy (non-hydrogen) atoms. The van der Waals surface area contributed by atoms with E-state index in [0.29, 0.717) is 11.3 Å². The molecule has 0 fully saturated rings. The number of hydrogen-bond donors (Lipinski definition) is 2. The molecule has 2 aromatic carbocycles. The average Bonchev–Trinajstić information content (AvgIpc) is 2.88. The van der Waals surface area contributed by atoms with Gasteiger partial charge in [-0.15, -0.1) is 0 Å². The van der Waals surface area contributed by atoms with Gasteiger partial charge in [-0.25, -0.2) is 4.39 Å². The maximum absolute atomic E-state index is 13.2. The quantitative estimate of drug-likeness (QED) is 0.912. The van der Waals surface area contributed by atoms with E-state index in [2.05, 4.69) is 10.2 Å². The summed E-state index contributed by atoms with van der Waals surface area (Å²) in [5.41, 5.74) is 3.49. The number of nitrogens with zero attached hydrogens (tertiary/aromatic N) is 1. The molecule has 1 unspecified atom stereocenters. The van der Waals surface area contributed by atoms with Crippen LogP contribution in [0.1, 0.15) is 23.7 Å². The van der Waals surface area contributed by atoms with Crippen molar-refractivity contribution in [1.82, 2.24) is 0 Å². The summed E-state index contributed by atoms with van der Waals surface area (Å²) in [7, 11) is 2.02. The number of rotatable bonds is 4. The molecule has 0 bridgehead atoms. The van der Waals surface area contributed by atoms with Gasteiger partial charge in [0, 0.05) is 25.0 Å². The number of amides is 1. The third-order valence-electron chi connectivity index (χ3n) is 4.11. The van der Waals surface area contributed by atoms with Crippen molar-refractivity contribution < 1.29 is 14.3 Å². The molecule has 1 atom stereocenters. The highest BCUT2D eigenvalue weighted by Crippen LogP contribution is 2.29. The molecule has 1 amide bonds. The lowest BCUT2D eigenvalue weighted by Gasteiger charge is -2.15. The molecule has 1 heterocycles. The van der Waals surface area contributed by atoms with Crippen molar-refractivity contribution in [2.75, 3.05) is 23.8 Å². The van der Waals surface area contributed by atoms with Gasteiger partial charge < -0.3 is 15.3 Å². The normalized spacial score (nSPS) is 14.5. The highest BCUT2D eigenvalue weighted by molar-refractivity contribution is 5.92. The molecule has 0 aromatic heterocycles. The van der Waals surface area contributed by atoms with Crippen LogP contribution in [-0.2, 0) is 11.2 Å². The lowest BCUT2D eigenvalue weighted by molar-refractivity contribution is -0.118. The largest absolute Gasteiger partial charge is 0.388 e. The van der Waals surface area contributed by atoms with Crippen LogP contribution in [0.15, 0.2) is 42.5 Å². The Labute approximate surface area is 134 Å². The molecule has 2 N–H and O–H groups in total. The number of hydrogen-bond acceptors (Lipinski definition) is 3. The van der Waals surface area contributed by atoms with Gasteiger partial charge in [0.15, 0.2) is 0 Å². The molecule has 0 spiro atoms. The zero-order chi connectivity index (χ0) is 16.4. The lowest BCUT2D eigenvalue weighted by atomic mass is 10.1. The van der Waals surface area contributed by atoms with E-state index in [4.69, 9.17) is 0 Å². The van der Waals surface area contributed by atoms with Gasteiger partial charge in [0.2, 0.25) is 5.91 Å². The van der Waals surface area contributed by atoms with E-state index in [9.17, 15) is 14.3 Å². The minimum atomic E-state index is -1.03. The maximum Gasteiger partial charge on any atom is 0.227 e. The second kappa shape index (κ2) is 6.38. The molecule has 2 aromatic rings. The highest BCUT2D eigenvalue weighted by atomic mass is 19.1. The zero-order valence-electron chi connectivity index (χ0n) is 12.9. The zero-order valence-corrected chi connectivity index (χ0v) is 12.9. The van der Waals surface area contributed by atoms with Crippen molar-refractivity contribution >= 4 is 17.3 Å². The van der Waals surface area contributed by atoms with Crippen LogP contribution in [0, 0.1) is 5.82 Å². The van der Waals surface area contributed by atoms with Crippen LogP contribution in [0.25, 0.3) is 0 Å². The number of carbonyl (C=O) groups excluding carboxylic acids is 1. The van der Waals surface area contributed by atoms with E-state index in [1.165, 1.54) is 23.8 Å². The summed E-state index contributed by atoms with van der Waals surface area (Å²) < 4.78 is 13.2. The number of anilines is 2.